The molecular weight excluding hydrogens is 434 g/mol. The van der Waals surface area contributed by atoms with Gasteiger partial charge in [-0.2, -0.15) is 5.10 Å². The van der Waals surface area contributed by atoms with Gasteiger partial charge in [-0.1, -0.05) is 6.07 Å². The van der Waals surface area contributed by atoms with Crippen molar-refractivity contribution in [3.63, 3.8) is 0 Å². The quantitative estimate of drug-likeness (QED) is 0.491. The molecule has 9 heteroatoms. The third-order valence-electron chi connectivity index (χ3n) is 6.10. The number of rotatable bonds is 5. The van der Waals surface area contributed by atoms with Gasteiger partial charge in [-0.05, 0) is 43.2 Å². The zero-order valence-electron chi connectivity index (χ0n) is 18.7. The highest BCUT2D eigenvalue weighted by Crippen LogP contribution is 2.38. The van der Waals surface area contributed by atoms with Crippen LogP contribution >= 0.6 is 0 Å². The molecule has 4 aromatic heterocycles. The smallest absolute Gasteiger partial charge is 0.287 e. The number of hydrogen-bond donors (Lipinski definition) is 1. The van der Waals surface area contributed by atoms with E-state index in [2.05, 4.69) is 21.5 Å². The number of fused-ring (bicyclic) bond motifs is 4. The number of nitrogens with one attached hydrogen (secondary N) is 1. The predicted octanol–water partition coefficient (Wildman–Crippen LogP) is 2.96. The van der Waals surface area contributed by atoms with Crippen LogP contribution in [0.15, 0.2) is 53.3 Å². The molecule has 1 amide bonds. The lowest BCUT2D eigenvalue weighted by Gasteiger charge is -2.25. The van der Waals surface area contributed by atoms with E-state index in [-0.39, 0.29) is 12.0 Å². The standard InChI is InChI=1S/C25H23N5O4/c1-15-21-19(8-7-16-12-30(29-22(16)21)13-17-5-2-3-9-26-17)34-23(15)24(31)28-11-18-14-32-25-20(33-18)6-4-10-27-25/h2-6,9-10,12,18H,7-8,11,13-14H2,1H3,(H,28,31). The second-order valence-corrected chi connectivity index (χ2v) is 8.44. The summed E-state index contributed by atoms with van der Waals surface area (Å²) < 4.78 is 19.4. The second-order valence-electron chi connectivity index (χ2n) is 8.44. The molecule has 9 nitrogen and oxygen atoms in total. The van der Waals surface area contributed by atoms with Gasteiger partial charge in [-0.25, -0.2) is 4.98 Å². The molecule has 1 atom stereocenters. The molecular formula is C25H23N5O4. The molecule has 5 heterocycles. The van der Waals surface area contributed by atoms with Crippen LogP contribution in [0.2, 0.25) is 0 Å². The molecule has 0 fully saturated rings. The molecule has 34 heavy (non-hydrogen) atoms. The highest BCUT2D eigenvalue weighted by atomic mass is 16.6. The Morgan fingerprint density at radius 1 is 1.18 bits per heavy atom. The van der Waals surface area contributed by atoms with Crippen molar-refractivity contribution in [2.45, 2.75) is 32.4 Å². The molecule has 1 unspecified atom stereocenters. The third kappa shape index (κ3) is 3.68. The summed E-state index contributed by atoms with van der Waals surface area (Å²) in [6.45, 7) is 3.11. The van der Waals surface area contributed by atoms with Crippen molar-refractivity contribution in [1.82, 2.24) is 25.1 Å². The molecule has 4 aromatic rings. The number of carbonyl (C=O) groups excluding carboxylic acids is 1. The van der Waals surface area contributed by atoms with E-state index in [1.807, 2.05) is 29.8 Å². The topological polar surface area (TPSA) is 104 Å². The lowest BCUT2D eigenvalue weighted by Crippen LogP contribution is -2.41. The van der Waals surface area contributed by atoms with Crippen molar-refractivity contribution in [3.05, 3.63) is 77.3 Å². The molecule has 1 aliphatic carbocycles. The van der Waals surface area contributed by atoms with Gasteiger partial charge >= 0.3 is 0 Å². The predicted molar refractivity (Wildman–Crippen MR) is 122 cm³/mol. The Morgan fingerprint density at radius 3 is 2.97 bits per heavy atom. The van der Waals surface area contributed by atoms with Crippen LogP contribution in [0.1, 0.15) is 33.1 Å². The molecule has 1 N–H and O–H groups in total. The summed E-state index contributed by atoms with van der Waals surface area (Å²) in [4.78, 5) is 21.5. The first-order chi connectivity index (χ1) is 16.7. The van der Waals surface area contributed by atoms with Gasteiger partial charge < -0.3 is 19.2 Å². The Kier molecular flexibility index (Phi) is 5.01. The van der Waals surface area contributed by atoms with Gasteiger partial charge in [0.05, 0.1) is 24.5 Å². The minimum Gasteiger partial charge on any atom is -0.479 e. The summed E-state index contributed by atoms with van der Waals surface area (Å²) in [5, 5.41) is 7.72. The zero-order chi connectivity index (χ0) is 23.1. The van der Waals surface area contributed by atoms with Crippen molar-refractivity contribution >= 4 is 5.91 Å². The van der Waals surface area contributed by atoms with Gasteiger partial charge in [-0.15, -0.1) is 0 Å². The minimum absolute atomic E-state index is 0.276. The average Bonchev–Trinajstić information content (AvgIpc) is 3.43. The number of nitrogens with zero attached hydrogens (tertiary/aromatic N) is 4. The molecule has 2 aliphatic rings. The molecule has 1 aliphatic heterocycles. The van der Waals surface area contributed by atoms with E-state index >= 15 is 0 Å². The first kappa shape index (κ1) is 20.5. The summed E-state index contributed by atoms with van der Waals surface area (Å²) in [5.41, 5.74) is 4.69. The van der Waals surface area contributed by atoms with E-state index in [4.69, 9.17) is 19.0 Å². The lowest BCUT2D eigenvalue weighted by molar-refractivity contribution is 0.0748. The lowest BCUT2D eigenvalue weighted by atomic mass is 9.93. The van der Waals surface area contributed by atoms with Crippen LogP contribution in [0.25, 0.3) is 11.3 Å². The van der Waals surface area contributed by atoms with Crippen LogP contribution in [0.5, 0.6) is 11.6 Å². The Morgan fingerprint density at radius 2 is 2.09 bits per heavy atom. The van der Waals surface area contributed by atoms with Crippen LogP contribution in [-0.4, -0.2) is 44.9 Å². The number of hydrogen-bond acceptors (Lipinski definition) is 7. The van der Waals surface area contributed by atoms with Crippen LogP contribution in [0, 0.1) is 6.92 Å². The highest BCUT2D eigenvalue weighted by molar-refractivity contribution is 5.95. The molecule has 0 saturated carbocycles. The fraction of sp³-hybridized carbons (Fsp3) is 0.280. The van der Waals surface area contributed by atoms with Gasteiger partial charge in [-0.3, -0.25) is 14.5 Å². The summed E-state index contributed by atoms with van der Waals surface area (Å²) in [7, 11) is 0. The monoisotopic (exact) mass is 457 g/mol. The fourth-order valence-corrected chi connectivity index (χ4v) is 4.47. The van der Waals surface area contributed by atoms with E-state index < -0.39 is 0 Å². The largest absolute Gasteiger partial charge is 0.479 e. The maximum Gasteiger partial charge on any atom is 0.287 e. The number of aromatic nitrogens is 4. The number of carbonyl (C=O) groups is 1. The van der Waals surface area contributed by atoms with Crippen molar-refractivity contribution in [3.8, 4) is 22.9 Å². The van der Waals surface area contributed by atoms with Crippen LogP contribution in [-0.2, 0) is 19.4 Å². The first-order valence-electron chi connectivity index (χ1n) is 11.3. The SMILES string of the molecule is Cc1c(C(=O)NCC2COc3ncccc3O2)oc2c1-c1nn(Cc3ccccn3)cc1CC2. The van der Waals surface area contributed by atoms with E-state index in [0.717, 1.165) is 46.7 Å². The number of pyridine rings is 2. The van der Waals surface area contributed by atoms with Crippen molar-refractivity contribution < 1.29 is 18.7 Å². The van der Waals surface area contributed by atoms with Gasteiger partial charge in [0.2, 0.25) is 0 Å². The Hall–Kier alpha value is -4.14. The number of furan rings is 1. The Labute approximate surface area is 195 Å². The highest BCUT2D eigenvalue weighted by Gasteiger charge is 2.30. The van der Waals surface area contributed by atoms with Crippen LogP contribution in [0.4, 0.5) is 0 Å². The molecule has 0 saturated heterocycles. The van der Waals surface area contributed by atoms with Crippen LogP contribution in [0.3, 0.4) is 0 Å². The average molecular weight is 457 g/mol. The zero-order valence-corrected chi connectivity index (χ0v) is 18.7. The fourth-order valence-electron chi connectivity index (χ4n) is 4.47. The minimum atomic E-state index is -0.306. The molecule has 6 rings (SSSR count). The molecule has 0 aromatic carbocycles. The third-order valence-corrected chi connectivity index (χ3v) is 6.10. The van der Waals surface area contributed by atoms with Crippen molar-refractivity contribution in [1.29, 1.82) is 0 Å². The molecule has 0 spiro atoms. The normalized spacial score (nSPS) is 16.0. The van der Waals surface area contributed by atoms with Crippen molar-refractivity contribution in [2.75, 3.05) is 13.2 Å². The van der Waals surface area contributed by atoms with E-state index in [9.17, 15) is 4.79 Å². The maximum absolute atomic E-state index is 13.0. The number of aryl methyl sites for hydroxylation is 2. The van der Waals surface area contributed by atoms with Gasteiger partial charge in [0.25, 0.3) is 11.8 Å². The van der Waals surface area contributed by atoms with Crippen molar-refractivity contribution in [2.24, 2.45) is 0 Å². The molecule has 172 valence electrons. The van der Waals surface area contributed by atoms with E-state index in [1.54, 1.807) is 24.5 Å². The summed E-state index contributed by atoms with van der Waals surface area (Å²) >= 11 is 0. The number of ether oxygens (including phenoxy) is 2. The van der Waals surface area contributed by atoms with Crippen LogP contribution < -0.4 is 14.8 Å². The first-order valence-corrected chi connectivity index (χ1v) is 11.3. The summed E-state index contributed by atoms with van der Waals surface area (Å²) in [5.74, 6) is 1.89. The summed E-state index contributed by atoms with van der Waals surface area (Å²) in [6.07, 6.45) is 6.74. The molecule has 0 radical (unpaired) electrons. The van der Waals surface area contributed by atoms with E-state index in [1.165, 1.54) is 0 Å². The van der Waals surface area contributed by atoms with Gasteiger partial charge in [0.1, 0.15) is 12.4 Å². The maximum atomic E-state index is 13.0. The Balaban J connectivity index is 1.18. The van der Waals surface area contributed by atoms with E-state index in [0.29, 0.717) is 37.1 Å². The summed E-state index contributed by atoms with van der Waals surface area (Å²) in [6, 6.07) is 9.43. The molecule has 0 bridgehead atoms. The number of amides is 1. The second kappa shape index (κ2) is 8.33. The Bertz CT molecular complexity index is 1360. The van der Waals surface area contributed by atoms with Gasteiger partial charge in [0, 0.05) is 36.1 Å². The van der Waals surface area contributed by atoms with Gasteiger partial charge in [0.15, 0.2) is 17.6 Å².